The van der Waals surface area contributed by atoms with Crippen LogP contribution in [-0.4, -0.2) is 50.3 Å². The summed E-state index contributed by atoms with van der Waals surface area (Å²) in [6.45, 7) is 9.19. The Morgan fingerprint density at radius 1 is 1.59 bits per heavy atom. The van der Waals surface area contributed by atoms with Crippen LogP contribution in [0.25, 0.3) is 0 Å². The van der Waals surface area contributed by atoms with E-state index < -0.39 is 0 Å². The fraction of sp³-hybridized carbons (Fsp3) is 0.769. The van der Waals surface area contributed by atoms with E-state index in [1.165, 1.54) is 7.11 Å². The van der Waals surface area contributed by atoms with Crippen molar-refractivity contribution in [1.29, 1.82) is 0 Å². The summed E-state index contributed by atoms with van der Waals surface area (Å²) >= 11 is 0. The lowest BCUT2D eigenvalue weighted by Gasteiger charge is -2.24. The van der Waals surface area contributed by atoms with E-state index in [0.29, 0.717) is 19.1 Å². The first-order valence-corrected chi connectivity index (χ1v) is 6.17. The van der Waals surface area contributed by atoms with Gasteiger partial charge in [0, 0.05) is 26.2 Å². The normalized spacial score (nSPS) is 19.6. The summed E-state index contributed by atoms with van der Waals surface area (Å²) in [5, 5.41) is 0. The van der Waals surface area contributed by atoms with Gasteiger partial charge in [0.2, 0.25) is 0 Å². The van der Waals surface area contributed by atoms with Gasteiger partial charge in [-0.3, -0.25) is 9.69 Å². The summed E-state index contributed by atoms with van der Waals surface area (Å²) in [5.74, 6) is -0.163. The van der Waals surface area contributed by atoms with Crippen LogP contribution < -0.4 is 0 Å². The molecule has 4 nitrogen and oxygen atoms in total. The molecule has 0 spiro atoms. The topological polar surface area (TPSA) is 38.8 Å². The molecule has 0 amide bonds. The van der Waals surface area contributed by atoms with Crippen molar-refractivity contribution in [2.75, 3.05) is 33.4 Å². The van der Waals surface area contributed by atoms with Gasteiger partial charge < -0.3 is 9.47 Å². The van der Waals surface area contributed by atoms with Gasteiger partial charge in [-0.15, -0.1) is 0 Å². The Morgan fingerprint density at radius 3 is 2.88 bits per heavy atom. The quantitative estimate of drug-likeness (QED) is 0.501. The molecule has 0 aromatic heterocycles. The maximum Gasteiger partial charge on any atom is 0.306 e. The highest BCUT2D eigenvalue weighted by atomic mass is 16.5. The number of carbonyl (C=O) groups is 1. The van der Waals surface area contributed by atoms with Crippen molar-refractivity contribution < 1.29 is 14.3 Å². The third-order valence-corrected chi connectivity index (χ3v) is 2.84. The Labute approximate surface area is 104 Å². The average molecular weight is 241 g/mol. The molecule has 0 aliphatic carbocycles. The molecule has 4 heteroatoms. The van der Waals surface area contributed by atoms with Gasteiger partial charge >= 0.3 is 5.97 Å². The van der Waals surface area contributed by atoms with Gasteiger partial charge in [0.05, 0.1) is 19.6 Å². The summed E-state index contributed by atoms with van der Waals surface area (Å²) in [4.78, 5) is 13.4. The van der Waals surface area contributed by atoms with Gasteiger partial charge in [0.25, 0.3) is 0 Å². The molecule has 1 atom stereocenters. The first-order valence-electron chi connectivity index (χ1n) is 6.17. The van der Waals surface area contributed by atoms with Crippen LogP contribution in [0.1, 0.15) is 26.2 Å². The predicted molar refractivity (Wildman–Crippen MR) is 66.9 cm³/mol. The highest BCUT2D eigenvalue weighted by Crippen LogP contribution is 2.14. The molecule has 1 aliphatic heterocycles. The largest absolute Gasteiger partial charge is 0.469 e. The average Bonchev–Trinajstić information content (AvgIpc) is 2.77. The molecule has 0 saturated carbocycles. The molecule has 0 aromatic carbocycles. The first-order chi connectivity index (χ1) is 8.11. The number of ether oxygens (including phenoxy) is 2. The minimum atomic E-state index is -0.163. The highest BCUT2D eigenvalue weighted by molar-refractivity contribution is 5.69. The van der Waals surface area contributed by atoms with E-state index in [9.17, 15) is 4.79 Å². The Kier molecular flexibility index (Phi) is 6.22. The highest BCUT2D eigenvalue weighted by Gasteiger charge is 2.19. The summed E-state index contributed by atoms with van der Waals surface area (Å²) in [5.41, 5.74) is 1.10. The molecular weight excluding hydrogens is 218 g/mol. The van der Waals surface area contributed by atoms with Crippen LogP contribution in [0.3, 0.4) is 0 Å². The van der Waals surface area contributed by atoms with Gasteiger partial charge in [0.15, 0.2) is 0 Å². The second kappa shape index (κ2) is 7.45. The number of rotatable bonds is 7. The third-order valence-electron chi connectivity index (χ3n) is 2.84. The van der Waals surface area contributed by atoms with Gasteiger partial charge in [-0.05, 0) is 19.8 Å². The molecule has 0 radical (unpaired) electrons. The number of nitrogens with zero attached hydrogens (tertiary/aromatic N) is 1. The fourth-order valence-corrected chi connectivity index (χ4v) is 2.04. The van der Waals surface area contributed by atoms with E-state index in [0.717, 1.165) is 38.1 Å². The Balaban J connectivity index is 2.35. The van der Waals surface area contributed by atoms with Crippen molar-refractivity contribution >= 4 is 5.97 Å². The van der Waals surface area contributed by atoms with Crippen molar-refractivity contribution in [3.8, 4) is 0 Å². The number of hydrogen-bond donors (Lipinski definition) is 0. The van der Waals surface area contributed by atoms with Gasteiger partial charge in [-0.2, -0.15) is 0 Å². The van der Waals surface area contributed by atoms with Gasteiger partial charge in [-0.25, -0.2) is 0 Å². The van der Waals surface area contributed by atoms with Gasteiger partial charge in [-0.1, -0.05) is 12.2 Å². The van der Waals surface area contributed by atoms with Crippen molar-refractivity contribution in [2.24, 2.45) is 0 Å². The smallest absolute Gasteiger partial charge is 0.306 e. The predicted octanol–water partition coefficient (Wildman–Crippen LogP) is 1.61. The van der Waals surface area contributed by atoms with Gasteiger partial charge in [0.1, 0.15) is 0 Å². The molecule has 0 aromatic rings. The number of methoxy groups -OCH3 is 1. The molecule has 0 bridgehead atoms. The second-order valence-electron chi connectivity index (χ2n) is 4.65. The molecule has 1 fully saturated rings. The molecule has 17 heavy (non-hydrogen) atoms. The van der Waals surface area contributed by atoms with E-state index in [4.69, 9.17) is 4.74 Å². The summed E-state index contributed by atoms with van der Waals surface area (Å²) in [7, 11) is 1.42. The number of esters is 1. The molecular formula is C13H23NO3. The van der Waals surface area contributed by atoms with Crippen molar-refractivity contribution in [3.63, 3.8) is 0 Å². The SMILES string of the molecule is C=C(C)CN(CCC(=O)OC)CC1CCCO1. The molecule has 1 rings (SSSR count). The third kappa shape index (κ3) is 5.84. The number of carbonyl (C=O) groups excluding carboxylic acids is 1. The Morgan fingerprint density at radius 2 is 2.35 bits per heavy atom. The Hall–Kier alpha value is -0.870. The maximum absolute atomic E-state index is 11.1. The molecule has 1 heterocycles. The summed E-state index contributed by atoms with van der Waals surface area (Å²) < 4.78 is 10.3. The van der Waals surface area contributed by atoms with Crippen molar-refractivity contribution in [1.82, 2.24) is 4.90 Å². The fourth-order valence-electron chi connectivity index (χ4n) is 2.04. The minimum absolute atomic E-state index is 0.163. The van der Waals surface area contributed by atoms with Crippen LogP contribution in [-0.2, 0) is 14.3 Å². The van der Waals surface area contributed by atoms with Crippen LogP contribution in [0.2, 0.25) is 0 Å². The van der Waals surface area contributed by atoms with E-state index in [1.807, 2.05) is 6.92 Å². The van der Waals surface area contributed by atoms with Crippen LogP contribution in [0.5, 0.6) is 0 Å². The van der Waals surface area contributed by atoms with Crippen LogP contribution in [0, 0.1) is 0 Å². The van der Waals surface area contributed by atoms with Crippen molar-refractivity contribution in [2.45, 2.75) is 32.3 Å². The zero-order chi connectivity index (χ0) is 12.7. The monoisotopic (exact) mass is 241 g/mol. The molecule has 0 N–H and O–H groups in total. The molecule has 1 saturated heterocycles. The van der Waals surface area contributed by atoms with E-state index in [1.54, 1.807) is 0 Å². The first kappa shape index (κ1) is 14.2. The van der Waals surface area contributed by atoms with Crippen LogP contribution in [0.15, 0.2) is 12.2 Å². The lowest BCUT2D eigenvalue weighted by Crippen LogP contribution is -2.35. The van der Waals surface area contributed by atoms with Crippen molar-refractivity contribution in [3.05, 3.63) is 12.2 Å². The summed E-state index contributed by atoms with van der Waals surface area (Å²) in [6.07, 6.45) is 3.00. The van der Waals surface area contributed by atoms with E-state index in [2.05, 4.69) is 16.2 Å². The lowest BCUT2D eigenvalue weighted by molar-refractivity contribution is -0.141. The van der Waals surface area contributed by atoms with E-state index >= 15 is 0 Å². The Bertz CT molecular complexity index is 259. The second-order valence-corrected chi connectivity index (χ2v) is 4.65. The molecule has 1 aliphatic rings. The standard InChI is InChI=1S/C13H23NO3/c1-11(2)9-14(7-6-13(15)16-3)10-12-5-4-8-17-12/h12H,1,4-10H2,2-3H3. The number of hydrogen-bond acceptors (Lipinski definition) is 4. The summed E-state index contributed by atoms with van der Waals surface area (Å²) in [6, 6.07) is 0. The minimum Gasteiger partial charge on any atom is -0.469 e. The zero-order valence-corrected chi connectivity index (χ0v) is 10.9. The maximum atomic E-state index is 11.1. The zero-order valence-electron chi connectivity index (χ0n) is 10.9. The molecule has 98 valence electrons. The van der Waals surface area contributed by atoms with Crippen LogP contribution in [0.4, 0.5) is 0 Å². The lowest BCUT2D eigenvalue weighted by atomic mass is 10.2. The molecule has 1 unspecified atom stereocenters. The van der Waals surface area contributed by atoms with Crippen LogP contribution >= 0.6 is 0 Å². The van der Waals surface area contributed by atoms with E-state index in [-0.39, 0.29) is 5.97 Å².